The van der Waals surface area contributed by atoms with Crippen LogP contribution in [0.5, 0.6) is 17.2 Å². The molecule has 0 bridgehead atoms. The van der Waals surface area contributed by atoms with E-state index in [2.05, 4.69) is 0 Å². The first-order valence-corrected chi connectivity index (χ1v) is 14.8. The number of rotatable bonds is 10. The molecule has 45 heavy (non-hydrogen) atoms. The van der Waals surface area contributed by atoms with Gasteiger partial charge in [-0.1, -0.05) is 13.8 Å². The number of carbonyl (C=O) groups excluding carboxylic acids is 9. The second kappa shape index (κ2) is 12.2. The first-order valence-electron chi connectivity index (χ1n) is 14.8. The molecular formula is C33H38O12. The lowest BCUT2D eigenvalue weighted by atomic mass is 9.62. The summed E-state index contributed by atoms with van der Waals surface area (Å²) in [6.07, 6.45) is -1.70. The molecule has 0 amide bonds. The van der Waals surface area contributed by atoms with E-state index >= 15 is 0 Å². The Bertz CT molecular complexity index is 1570. The number of hydrogen-bond donors (Lipinski definition) is 3. The van der Waals surface area contributed by atoms with Gasteiger partial charge in [0, 0.05) is 24.0 Å². The molecule has 12 nitrogen and oxygen atoms in total. The van der Waals surface area contributed by atoms with Gasteiger partial charge >= 0.3 is 0 Å². The largest absolute Gasteiger partial charge is 0.507 e. The van der Waals surface area contributed by atoms with E-state index in [9.17, 15) is 58.5 Å². The van der Waals surface area contributed by atoms with Crippen LogP contribution in [0.4, 0.5) is 0 Å². The summed E-state index contributed by atoms with van der Waals surface area (Å²) in [5.41, 5.74) is -5.40. The van der Waals surface area contributed by atoms with Crippen molar-refractivity contribution in [1.82, 2.24) is 0 Å². The summed E-state index contributed by atoms with van der Waals surface area (Å²) in [7, 11) is 0. The maximum Gasteiger partial charge on any atom is 0.170 e. The fourth-order valence-electron chi connectivity index (χ4n) is 6.27. The Morgan fingerprint density at radius 2 is 1.04 bits per heavy atom. The molecule has 4 unspecified atom stereocenters. The van der Waals surface area contributed by atoms with Gasteiger partial charge in [-0.05, 0) is 53.9 Å². The molecule has 2 aliphatic rings. The molecule has 3 rings (SSSR count). The molecule has 3 N–H and O–H groups in total. The highest BCUT2D eigenvalue weighted by atomic mass is 16.3. The van der Waals surface area contributed by atoms with Gasteiger partial charge in [0.1, 0.15) is 40.4 Å². The van der Waals surface area contributed by atoms with Gasteiger partial charge in [-0.25, -0.2) is 0 Å². The third-order valence-electron chi connectivity index (χ3n) is 9.14. The van der Waals surface area contributed by atoms with Crippen LogP contribution in [0.2, 0.25) is 0 Å². The summed E-state index contributed by atoms with van der Waals surface area (Å²) in [5.74, 6) is -17.9. The number of Topliss-reactive ketones (excluding diaryl/α,β-unsaturated/α-hetero) is 9. The van der Waals surface area contributed by atoms with Gasteiger partial charge in [0.2, 0.25) is 0 Å². The Hall–Kier alpha value is -4.35. The van der Waals surface area contributed by atoms with Crippen LogP contribution in [0.3, 0.4) is 0 Å². The Balaban J connectivity index is 2.27. The molecule has 1 aromatic rings. The summed E-state index contributed by atoms with van der Waals surface area (Å²) in [6, 6.07) is 0. The highest BCUT2D eigenvalue weighted by Crippen LogP contribution is 2.48. The van der Waals surface area contributed by atoms with Crippen LogP contribution >= 0.6 is 0 Å². The number of ketones is 9. The summed E-state index contributed by atoms with van der Waals surface area (Å²) in [6.45, 7) is 9.07. The van der Waals surface area contributed by atoms with E-state index in [1.807, 2.05) is 0 Å². The second-order valence-corrected chi connectivity index (χ2v) is 12.9. The molecule has 2 aliphatic carbocycles. The quantitative estimate of drug-likeness (QED) is 0.252. The molecule has 0 spiro atoms. The molecule has 12 heteroatoms. The van der Waals surface area contributed by atoms with Crippen molar-refractivity contribution in [2.75, 3.05) is 0 Å². The normalized spacial score (nSPS) is 24.6. The highest BCUT2D eigenvalue weighted by molar-refractivity contribution is 6.34. The van der Waals surface area contributed by atoms with Crippen LogP contribution in [0, 0.1) is 34.5 Å². The molecule has 0 aliphatic heterocycles. The number of hydrogen-bond acceptors (Lipinski definition) is 12. The monoisotopic (exact) mass is 626 g/mol. The van der Waals surface area contributed by atoms with Gasteiger partial charge in [-0.15, -0.1) is 0 Å². The molecular weight excluding hydrogens is 588 g/mol. The van der Waals surface area contributed by atoms with E-state index in [0.29, 0.717) is 0 Å². The molecule has 0 saturated heterocycles. The van der Waals surface area contributed by atoms with E-state index in [-0.39, 0.29) is 19.3 Å². The van der Waals surface area contributed by atoms with Crippen LogP contribution in [-0.2, 0) is 51.2 Å². The lowest BCUT2D eigenvalue weighted by Crippen LogP contribution is -2.55. The van der Waals surface area contributed by atoms with Crippen molar-refractivity contribution in [3.05, 3.63) is 16.7 Å². The van der Waals surface area contributed by atoms with Crippen molar-refractivity contribution in [2.45, 2.75) is 80.6 Å². The topological polar surface area (TPSA) is 214 Å². The third-order valence-corrected chi connectivity index (χ3v) is 9.14. The number of phenols is 3. The van der Waals surface area contributed by atoms with E-state index in [4.69, 9.17) is 0 Å². The van der Waals surface area contributed by atoms with Crippen molar-refractivity contribution in [3.63, 3.8) is 0 Å². The van der Waals surface area contributed by atoms with E-state index in [0.717, 1.165) is 6.92 Å². The Morgan fingerprint density at radius 3 is 1.42 bits per heavy atom. The fraction of sp³-hybridized carbons (Fsp3) is 0.545. The van der Waals surface area contributed by atoms with Crippen LogP contribution in [-0.4, -0.2) is 67.4 Å². The summed E-state index contributed by atoms with van der Waals surface area (Å²) < 4.78 is 0. The molecule has 2 fully saturated rings. The zero-order valence-corrected chi connectivity index (χ0v) is 26.4. The minimum atomic E-state index is -1.79. The smallest absolute Gasteiger partial charge is 0.170 e. The lowest BCUT2D eigenvalue weighted by Gasteiger charge is -2.36. The molecule has 242 valence electrons. The minimum absolute atomic E-state index is 0.182. The number of phenolic OH excluding ortho intramolecular Hbond substituents is 3. The average Bonchev–Trinajstić information content (AvgIpc) is 2.95. The van der Waals surface area contributed by atoms with E-state index in [1.54, 1.807) is 6.92 Å². The fourth-order valence-corrected chi connectivity index (χ4v) is 6.27. The van der Waals surface area contributed by atoms with E-state index < -0.39 is 133 Å². The SMILES string of the molecule is CCCC(=O)c1c(O)c(CC2C(=O)C(C(C)=O)C(=O)C(C)(C)C2=O)c(O)c(CC2C(=O)C(C(=O)CC)C(=O)C(C)(C)C2=O)c1O. The van der Waals surface area contributed by atoms with Gasteiger partial charge in [0.05, 0.1) is 22.7 Å². The molecule has 0 heterocycles. The molecule has 0 radical (unpaired) electrons. The number of benzene rings is 1. The third kappa shape index (κ3) is 5.55. The number of aromatic hydroxyl groups is 3. The first-order chi connectivity index (χ1) is 20.7. The number of carbonyl (C=O) groups is 9. The van der Waals surface area contributed by atoms with Crippen LogP contribution in [0.1, 0.15) is 89.2 Å². The standard InChI is InChI=1S/C33H38O12/c1-8-10-19(36)21-24(38)14(11-16-26(40)20(13(3)34)30(44)32(4,5)28(16)42)23(37)15(25(21)39)12-17-27(41)22(18(35)9-2)31(45)33(6,7)29(17)43/h16-17,20,22,37-39H,8-12H2,1-7H3. The van der Waals surface area contributed by atoms with Gasteiger partial charge < -0.3 is 15.3 Å². The van der Waals surface area contributed by atoms with Crippen LogP contribution < -0.4 is 0 Å². The summed E-state index contributed by atoms with van der Waals surface area (Å²) in [4.78, 5) is 117. The lowest BCUT2D eigenvalue weighted by molar-refractivity contribution is -0.159. The zero-order chi connectivity index (χ0) is 34.5. The van der Waals surface area contributed by atoms with Crippen molar-refractivity contribution in [2.24, 2.45) is 34.5 Å². The minimum Gasteiger partial charge on any atom is -0.507 e. The van der Waals surface area contributed by atoms with Crippen molar-refractivity contribution >= 4 is 52.0 Å². The summed E-state index contributed by atoms with van der Waals surface area (Å²) >= 11 is 0. The van der Waals surface area contributed by atoms with Crippen LogP contribution in [0.25, 0.3) is 0 Å². The molecule has 1 aromatic carbocycles. The highest BCUT2D eigenvalue weighted by Gasteiger charge is 2.57. The maximum absolute atomic E-state index is 13.4. The van der Waals surface area contributed by atoms with Crippen LogP contribution in [0.15, 0.2) is 0 Å². The van der Waals surface area contributed by atoms with E-state index in [1.165, 1.54) is 34.6 Å². The van der Waals surface area contributed by atoms with Gasteiger partial charge in [-0.3, -0.25) is 43.2 Å². The second-order valence-electron chi connectivity index (χ2n) is 12.9. The maximum atomic E-state index is 13.4. The molecule has 4 atom stereocenters. The van der Waals surface area contributed by atoms with Gasteiger partial charge in [-0.2, -0.15) is 0 Å². The molecule has 0 aromatic heterocycles. The van der Waals surface area contributed by atoms with Gasteiger partial charge in [0.15, 0.2) is 46.3 Å². The Labute approximate surface area is 259 Å². The Morgan fingerprint density at radius 1 is 0.644 bits per heavy atom. The predicted octanol–water partition coefficient (Wildman–Crippen LogP) is 2.40. The average molecular weight is 627 g/mol. The van der Waals surface area contributed by atoms with Gasteiger partial charge in [0.25, 0.3) is 0 Å². The zero-order valence-electron chi connectivity index (χ0n) is 26.4. The summed E-state index contributed by atoms with van der Waals surface area (Å²) in [5, 5.41) is 33.8. The first kappa shape index (κ1) is 35.1. The predicted molar refractivity (Wildman–Crippen MR) is 156 cm³/mol. The Kier molecular flexibility index (Phi) is 9.53. The van der Waals surface area contributed by atoms with Crippen molar-refractivity contribution in [1.29, 1.82) is 0 Å². The van der Waals surface area contributed by atoms with Crippen molar-refractivity contribution in [3.8, 4) is 17.2 Å². The molecule has 2 saturated carbocycles. The van der Waals surface area contributed by atoms with Crippen molar-refractivity contribution < 1.29 is 58.5 Å².